The number of H-pyrrole nitrogens is 1. The number of benzene rings is 1. The molecule has 1 aromatic carbocycles. The highest BCUT2D eigenvalue weighted by Crippen LogP contribution is 2.55. The van der Waals surface area contributed by atoms with Crippen molar-refractivity contribution in [3.8, 4) is 0 Å². The molecule has 1 aromatic heterocycles. The summed E-state index contributed by atoms with van der Waals surface area (Å²) in [5, 5.41) is 0. The molecule has 7 heteroatoms. The summed E-state index contributed by atoms with van der Waals surface area (Å²) in [6.07, 6.45) is 6.36. The molecule has 164 valence electrons. The molecule has 5 rings (SSSR count). The topological polar surface area (TPSA) is 95.3 Å². The number of nitrogens with one attached hydrogen (secondary N) is 1. The van der Waals surface area contributed by atoms with Crippen LogP contribution in [0, 0.1) is 5.41 Å². The van der Waals surface area contributed by atoms with E-state index in [9.17, 15) is 9.59 Å². The number of hydrogen-bond acceptors (Lipinski definition) is 5. The number of fused-ring (bicyclic) bond motifs is 1. The van der Waals surface area contributed by atoms with Crippen molar-refractivity contribution in [2.75, 3.05) is 12.8 Å². The molecule has 31 heavy (non-hydrogen) atoms. The Morgan fingerprint density at radius 3 is 2.65 bits per heavy atom. The summed E-state index contributed by atoms with van der Waals surface area (Å²) in [5.74, 6) is -0.175. The summed E-state index contributed by atoms with van der Waals surface area (Å²) >= 11 is 0. The van der Waals surface area contributed by atoms with Gasteiger partial charge < -0.3 is 10.6 Å². The van der Waals surface area contributed by atoms with Gasteiger partial charge in [0.05, 0.1) is 0 Å². The van der Waals surface area contributed by atoms with E-state index < -0.39 is 0 Å². The van der Waals surface area contributed by atoms with Crippen LogP contribution in [0.25, 0.3) is 0 Å². The first-order valence-electron chi connectivity index (χ1n) is 11.3. The Bertz CT molecular complexity index is 1040. The summed E-state index contributed by atoms with van der Waals surface area (Å²) in [4.78, 5) is 37.0. The van der Waals surface area contributed by atoms with Gasteiger partial charge in [0.15, 0.2) is 0 Å². The molecule has 2 aromatic rings. The van der Waals surface area contributed by atoms with Crippen molar-refractivity contribution in [2.45, 2.75) is 69.6 Å². The average molecular weight is 422 g/mol. The number of hydrogen-bond donors (Lipinski definition) is 2. The molecule has 3 fully saturated rings. The number of carbonyl (C=O) groups excluding carboxylic acids is 1. The molecule has 0 radical (unpaired) electrons. The number of rotatable bonds is 3. The maximum atomic E-state index is 13.8. The lowest BCUT2D eigenvalue weighted by Crippen LogP contribution is -2.58. The highest BCUT2D eigenvalue weighted by molar-refractivity contribution is 5.93. The van der Waals surface area contributed by atoms with Gasteiger partial charge in [0.1, 0.15) is 5.69 Å². The second kappa shape index (κ2) is 7.48. The standard InChI is InChI=1S/C24H31N5O2/c1-24-14-18-17(12-15-8-4-3-5-9-15)28(2)19(24)10-6-7-11-20(24)29(18)22(31)16-13-21(30)27-23(25)26-16/h3-5,8-9,13,17-20H,6-7,10-12,14H2,1-2H3,(H3,25,26,27,30)/t17-,18-,19+,20-,24+/m0/s1. The van der Waals surface area contributed by atoms with Crippen LogP contribution in [0.1, 0.15) is 55.1 Å². The van der Waals surface area contributed by atoms with Gasteiger partial charge in [-0.25, -0.2) is 4.98 Å². The number of anilines is 1. The molecule has 2 aliphatic heterocycles. The minimum Gasteiger partial charge on any atom is -0.369 e. The Morgan fingerprint density at radius 2 is 1.94 bits per heavy atom. The lowest BCUT2D eigenvalue weighted by Gasteiger charge is -2.49. The molecule has 3 N–H and O–H groups in total. The van der Waals surface area contributed by atoms with E-state index >= 15 is 0 Å². The minimum atomic E-state index is -0.388. The fourth-order valence-corrected chi connectivity index (χ4v) is 6.70. The van der Waals surface area contributed by atoms with Gasteiger partial charge in [0.25, 0.3) is 11.5 Å². The van der Waals surface area contributed by atoms with Crippen LogP contribution in [-0.4, -0.2) is 56.9 Å². The first-order valence-corrected chi connectivity index (χ1v) is 11.3. The Hall–Kier alpha value is -2.67. The van der Waals surface area contributed by atoms with Crippen LogP contribution in [0.3, 0.4) is 0 Å². The molecule has 3 aliphatic rings. The Balaban J connectivity index is 1.58. The third-order valence-corrected chi connectivity index (χ3v) is 8.03. The van der Waals surface area contributed by atoms with Gasteiger partial charge in [0.2, 0.25) is 5.95 Å². The van der Waals surface area contributed by atoms with Gasteiger partial charge in [0, 0.05) is 35.6 Å². The smallest absolute Gasteiger partial charge is 0.273 e. The zero-order valence-electron chi connectivity index (χ0n) is 18.3. The predicted octanol–water partition coefficient (Wildman–Crippen LogP) is 2.44. The van der Waals surface area contributed by atoms with Crippen LogP contribution >= 0.6 is 0 Å². The summed E-state index contributed by atoms with van der Waals surface area (Å²) in [6.45, 7) is 2.36. The first kappa shape index (κ1) is 20.2. The normalized spacial score (nSPS) is 32.6. The third-order valence-electron chi connectivity index (χ3n) is 8.03. The zero-order chi connectivity index (χ0) is 21.8. The van der Waals surface area contributed by atoms with E-state index in [0.29, 0.717) is 6.04 Å². The maximum absolute atomic E-state index is 13.8. The van der Waals surface area contributed by atoms with Crippen molar-refractivity contribution in [3.63, 3.8) is 0 Å². The molecule has 2 bridgehead atoms. The molecule has 0 unspecified atom stereocenters. The number of carbonyl (C=O) groups is 1. The Labute approximate surface area is 182 Å². The number of aromatic nitrogens is 2. The predicted molar refractivity (Wildman–Crippen MR) is 120 cm³/mol. The molecule has 2 saturated heterocycles. The monoisotopic (exact) mass is 421 g/mol. The number of amides is 1. The molecule has 1 aliphatic carbocycles. The van der Waals surface area contributed by atoms with Gasteiger partial charge in [-0.2, -0.15) is 0 Å². The fraction of sp³-hybridized carbons (Fsp3) is 0.542. The molecular formula is C24H31N5O2. The van der Waals surface area contributed by atoms with Crippen LogP contribution in [0.4, 0.5) is 5.95 Å². The van der Waals surface area contributed by atoms with Crippen molar-refractivity contribution < 1.29 is 4.79 Å². The number of aromatic amines is 1. The van der Waals surface area contributed by atoms with Crippen LogP contribution in [0.15, 0.2) is 41.2 Å². The molecule has 5 atom stereocenters. The van der Waals surface area contributed by atoms with Crippen LogP contribution in [0.2, 0.25) is 0 Å². The van der Waals surface area contributed by atoms with Crippen LogP contribution < -0.4 is 11.3 Å². The largest absolute Gasteiger partial charge is 0.369 e. The van der Waals surface area contributed by atoms with Crippen molar-refractivity contribution in [3.05, 3.63) is 58.0 Å². The van der Waals surface area contributed by atoms with E-state index in [1.807, 2.05) is 6.07 Å². The lowest BCUT2D eigenvalue weighted by molar-refractivity contribution is 0.0155. The maximum Gasteiger partial charge on any atom is 0.273 e. The summed E-state index contributed by atoms with van der Waals surface area (Å²) in [6, 6.07) is 12.7. The Morgan fingerprint density at radius 1 is 1.23 bits per heavy atom. The molecule has 0 spiro atoms. The van der Waals surface area contributed by atoms with Crippen LogP contribution in [-0.2, 0) is 6.42 Å². The molecule has 1 saturated carbocycles. The SMILES string of the molecule is CN1[C@@H](Cc2ccccc2)[C@@H]2C[C@@]3(C)[C@H](CCCC[C@@H]13)N2C(=O)c1cc(=O)[nH]c(N)n1. The fourth-order valence-electron chi connectivity index (χ4n) is 6.70. The molecule has 1 amide bonds. The summed E-state index contributed by atoms with van der Waals surface area (Å²) < 4.78 is 0. The van der Waals surface area contributed by atoms with E-state index in [4.69, 9.17) is 5.73 Å². The second-order valence-electron chi connectivity index (χ2n) is 9.74. The van der Waals surface area contributed by atoms with Crippen molar-refractivity contribution in [1.29, 1.82) is 0 Å². The van der Waals surface area contributed by atoms with E-state index in [2.05, 4.69) is 58.0 Å². The summed E-state index contributed by atoms with van der Waals surface area (Å²) in [5.41, 5.74) is 6.86. The van der Waals surface area contributed by atoms with E-state index in [0.717, 1.165) is 25.7 Å². The molecule has 7 nitrogen and oxygen atoms in total. The van der Waals surface area contributed by atoms with Crippen molar-refractivity contribution >= 4 is 11.9 Å². The van der Waals surface area contributed by atoms with Gasteiger partial charge in [-0.1, -0.05) is 50.1 Å². The van der Waals surface area contributed by atoms with Gasteiger partial charge in [-0.05, 0) is 38.3 Å². The highest BCUT2D eigenvalue weighted by atomic mass is 16.2. The molecular weight excluding hydrogens is 390 g/mol. The summed E-state index contributed by atoms with van der Waals surface area (Å²) in [7, 11) is 2.24. The minimum absolute atomic E-state index is 0.0130. The van der Waals surface area contributed by atoms with Crippen LogP contribution in [0.5, 0.6) is 0 Å². The number of nitrogens with two attached hydrogens (primary N) is 1. The average Bonchev–Trinajstić information content (AvgIpc) is 2.88. The number of likely N-dealkylation sites (N-methyl/N-ethyl adjacent to an activating group) is 1. The number of nitrogens with zero attached hydrogens (tertiary/aromatic N) is 3. The lowest BCUT2D eigenvalue weighted by atomic mass is 9.69. The van der Waals surface area contributed by atoms with Gasteiger partial charge in [-0.15, -0.1) is 0 Å². The van der Waals surface area contributed by atoms with E-state index in [1.165, 1.54) is 24.5 Å². The quantitative estimate of drug-likeness (QED) is 0.794. The van der Waals surface area contributed by atoms with Gasteiger partial charge in [-0.3, -0.25) is 19.5 Å². The Kier molecular flexibility index (Phi) is 4.88. The highest BCUT2D eigenvalue weighted by Gasteiger charge is 2.62. The number of likely N-dealkylation sites (tertiary alicyclic amines) is 2. The molecule has 3 heterocycles. The van der Waals surface area contributed by atoms with E-state index in [-0.39, 0.29) is 46.6 Å². The zero-order valence-corrected chi connectivity index (χ0v) is 18.3. The third kappa shape index (κ3) is 3.26. The second-order valence-corrected chi connectivity index (χ2v) is 9.74. The van der Waals surface area contributed by atoms with Gasteiger partial charge >= 0.3 is 0 Å². The number of nitrogen functional groups attached to an aromatic ring is 1. The van der Waals surface area contributed by atoms with Crippen molar-refractivity contribution in [2.24, 2.45) is 5.41 Å². The number of piperidine rings is 1. The van der Waals surface area contributed by atoms with E-state index in [1.54, 1.807) is 0 Å². The first-order chi connectivity index (χ1) is 14.9. The van der Waals surface area contributed by atoms with Crippen molar-refractivity contribution in [1.82, 2.24) is 19.8 Å².